The van der Waals surface area contributed by atoms with E-state index in [2.05, 4.69) is 10.6 Å². The van der Waals surface area contributed by atoms with Gasteiger partial charge in [-0.2, -0.15) is 0 Å². The number of nitrogens with zero attached hydrogens (tertiary/aromatic N) is 1. The molecule has 0 saturated carbocycles. The van der Waals surface area contributed by atoms with Crippen LogP contribution in [-0.4, -0.2) is 36.0 Å². The molecule has 2 amide bonds. The zero-order valence-corrected chi connectivity index (χ0v) is 20.9. The maximum Gasteiger partial charge on any atom is 0.306 e. The monoisotopic (exact) mass is 503 g/mol. The maximum absolute atomic E-state index is 12.9. The summed E-state index contributed by atoms with van der Waals surface area (Å²) < 4.78 is 5.18. The van der Waals surface area contributed by atoms with Crippen LogP contribution in [0.5, 0.6) is 0 Å². The average molecular weight is 504 g/mol. The van der Waals surface area contributed by atoms with Crippen molar-refractivity contribution in [2.24, 2.45) is 0 Å². The molecule has 0 heterocycles. The second-order valence-electron chi connectivity index (χ2n) is 7.92. The Balaban J connectivity index is 1.40. The molecule has 3 aromatic carbocycles. The van der Waals surface area contributed by atoms with E-state index in [4.69, 9.17) is 17.0 Å². The van der Waals surface area contributed by atoms with E-state index in [1.165, 1.54) is 0 Å². The number of anilines is 2. The van der Waals surface area contributed by atoms with Crippen molar-refractivity contribution in [1.82, 2.24) is 5.32 Å². The molecule has 0 fully saturated rings. The van der Waals surface area contributed by atoms with Gasteiger partial charge in [0.1, 0.15) is 0 Å². The second kappa shape index (κ2) is 13.7. The quantitative estimate of drug-likeness (QED) is 0.307. The van der Waals surface area contributed by atoms with Gasteiger partial charge in [-0.15, -0.1) is 0 Å². The second-order valence-corrected chi connectivity index (χ2v) is 8.33. The van der Waals surface area contributed by atoms with Crippen LogP contribution in [0.2, 0.25) is 0 Å². The van der Waals surface area contributed by atoms with Crippen molar-refractivity contribution in [1.29, 1.82) is 0 Å². The molecule has 2 N–H and O–H groups in total. The van der Waals surface area contributed by atoms with Gasteiger partial charge in [0.15, 0.2) is 5.11 Å². The summed E-state index contributed by atoms with van der Waals surface area (Å²) in [6.07, 6.45) is 0.557. The summed E-state index contributed by atoms with van der Waals surface area (Å²) in [6, 6.07) is 26.0. The Morgan fingerprint density at radius 1 is 0.861 bits per heavy atom. The van der Waals surface area contributed by atoms with E-state index in [1.54, 1.807) is 29.2 Å². The fourth-order valence-corrected chi connectivity index (χ4v) is 3.70. The van der Waals surface area contributed by atoms with Crippen LogP contribution in [0.4, 0.5) is 11.4 Å². The topological polar surface area (TPSA) is 87.7 Å². The lowest BCUT2D eigenvalue weighted by Gasteiger charge is -2.21. The van der Waals surface area contributed by atoms with Gasteiger partial charge in [0.05, 0.1) is 13.0 Å². The highest BCUT2D eigenvalue weighted by Gasteiger charge is 2.16. The van der Waals surface area contributed by atoms with Crippen molar-refractivity contribution in [3.05, 3.63) is 96.1 Å². The first-order valence-electron chi connectivity index (χ1n) is 11.7. The number of esters is 1. The molecule has 0 bridgehead atoms. The van der Waals surface area contributed by atoms with Gasteiger partial charge in [-0.05, 0) is 61.1 Å². The van der Waals surface area contributed by atoms with Gasteiger partial charge in [-0.25, -0.2) is 0 Å². The third-order valence-electron chi connectivity index (χ3n) is 5.32. The summed E-state index contributed by atoms with van der Waals surface area (Å²) in [5.41, 5.74) is 3.07. The van der Waals surface area contributed by atoms with E-state index in [1.807, 2.05) is 67.6 Å². The predicted molar refractivity (Wildman–Crippen MR) is 145 cm³/mol. The minimum absolute atomic E-state index is 0.0324. The largest absolute Gasteiger partial charge is 0.465 e. The first-order valence-corrected chi connectivity index (χ1v) is 12.1. The zero-order valence-electron chi connectivity index (χ0n) is 20.1. The highest BCUT2D eigenvalue weighted by molar-refractivity contribution is 7.80. The van der Waals surface area contributed by atoms with Crippen LogP contribution in [0.1, 0.15) is 35.7 Å². The number of carbonyl (C=O) groups excluding carboxylic acids is 3. The Morgan fingerprint density at radius 3 is 2.14 bits per heavy atom. The van der Waals surface area contributed by atoms with E-state index in [0.29, 0.717) is 24.2 Å². The Hall–Kier alpha value is -4.04. The highest BCUT2D eigenvalue weighted by atomic mass is 32.1. The summed E-state index contributed by atoms with van der Waals surface area (Å²) in [4.78, 5) is 38.6. The van der Waals surface area contributed by atoms with Gasteiger partial charge in [0, 0.05) is 36.3 Å². The van der Waals surface area contributed by atoms with Crippen molar-refractivity contribution < 1.29 is 19.1 Å². The van der Waals surface area contributed by atoms with Crippen LogP contribution in [0.25, 0.3) is 0 Å². The van der Waals surface area contributed by atoms with Crippen LogP contribution < -0.4 is 15.5 Å². The van der Waals surface area contributed by atoms with Gasteiger partial charge in [-0.3, -0.25) is 14.4 Å². The molecule has 186 valence electrons. The highest BCUT2D eigenvalue weighted by Crippen LogP contribution is 2.18. The predicted octanol–water partition coefficient (Wildman–Crippen LogP) is 4.73. The number of carbonyl (C=O) groups is 3. The fraction of sp³-hybridized carbons (Fsp3) is 0.214. The molecule has 3 aromatic rings. The number of ether oxygens (including phenoxy) is 1. The lowest BCUT2D eigenvalue weighted by atomic mass is 10.1. The third kappa shape index (κ3) is 8.32. The molecule has 0 aliphatic heterocycles. The van der Waals surface area contributed by atoms with Crippen LogP contribution >= 0.6 is 12.2 Å². The van der Waals surface area contributed by atoms with Crippen molar-refractivity contribution in [3.63, 3.8) is 0 Å². The summed E-state index contributed by atoms with van der Waals surface area (Å²) >= 11 is 5.19. The van der Waals surface area contributed by atoms with Gasteiger partial charge in [-0.1, -0.05) is 48.5 Å². The minimum atomic E-state index is -0.433. The maximum atomic E-state index is 12.9. The van der Waals surface area contributed by atoms with Gasteiger partial charge in [0.25, 0.3) is 5.91 Å². The van der Waals surface area contributed by atoms with Crippen molar-refractivity contribution in [3.8, 4) is 0 Å². The Morgan fingerprint density at radius 2 is 1.50 bits per heavy atom. The Kier molecular flexibility index (Phi) is 10.1. The number of benzene rings is 3. The molecule has 7 nitrogen and oxygen atoms in total. The first-order chi connectivity index (χ1) is 17.5. The number of para-hydroxylation sites is 1. The lowest BCUT2D eigenvalue weighted by molar-refractivity contribution is -0.144. The molecule has 0 atom stereocenters. The van der Waals surface area contributed by atoms with E-state index in [9.17, 15) is 14.4 Å². The summed E-state index contributed by atoms with van der Waals surface area (Å²) in [6.45, 7) is 2.73. The number of rotatable bonds is 10. The zero-order chi connectivity index (χ0) is 25.8. The van der Waals surface area contributed by atoms with Crippen LogP contribution in [0.3, 0.4) is 0 Å². The smallest absolute Gasteiger partial charge is 0.306 e. The molecule has 8 heteroatoms. The van der Waals surface area contributed by atoms with Gasteiger partial charge < -0.3 is 20.3 Å². The normalized spacial score (nSPS) is 10.2. The van der Waals surface area contributed by atoms with Crippen molar-refractivity contribution in [2.45, 2.75) is 26.2 Å². The molecular formula is C28H29N3O4S. The van der Waals surface area contributed by atoms with E-state index in [-0.39, 0.29) is 36.4 Å². The molecule has 3 rings (SSSR count). The molecule has 0 spiro atoms. The summed E-state index contributed by atoms with van der Waals surface area (Å²) in [5, 5.41) is 5.57. The van der Waals surface area contributed by atoms with Crippen LogP contribution in [0.15, 0.2) is 84.9 Å². The molecule has 0 aliphatic rings. The third-order valence-corrected chi connectivity index (χ3v) is 5.53. The molecule has 0 radical (unpaired) electrons. The number of thiocarbonyl (C=S) groups is 1. The van der Waals surface area contributed by atoms with E-state index < -0.39 is 5.97 Å². The van der Waals surface area contributed by atoms with Crippen molar-refractivity contribution in [2.75, 3.05) is 23.4 Å². The van der Waals surface area contributed by atoms with E-state index in [0.717, 1.165) is 11.3 Å². The molecule has 0 aliphatic carbocycles. The SMILES string of the molecule is CCN(C(=O)c1ccc(NC(=S)NC(=O)CCC(=O)OCCc2ccccc2)cc1)c1ccccc1. The van der Waals surface area contributed by atoms with Crippen LogP contribution in [0, 0.1) is 0 Å². The van der Waals surface area contributed by atoms with Gasteiger partial charge in [0.2, 0.25) is 5.91 Å². The molecule has 0 saturated heterocycles. The van der Waals surface area contributed by atoms with Gasteiger partial charge >= 0.3 is 5.97 Å². The molecular weight excluding hydrogens is 474 g/mol. The minimum Gasteiger partial charge on any atom is -0.465 e. The number of hydrogen-bond acceptors (Lipinski definition) is 5. The number of nitrogens with one attached hydrogen (secondary N) is 2. The average Bonchev–Trinajstić information content (AvgIpc) is 2.89. The van der Waals surface area contributed by atoms with E-state index >= 15 is 0 Å². The molecule has 0 unspecified atom stereocenters. The molecule has 0 aromatic heterocycles. The first kappa shape index (κ1) is 26.6. The molecule has 36 heavy (non-hydrogen) atoms. The lowest BCUT2D eigenvalue weighted by Crippen LogP contribution is -2.34. The standard InChI is InChI=1S/C28H29N3O4S/c1-2-31(24-11-7-4-8-12-24)27(34)22-13-15-23(16-14-22)29-28(36)30-25(32)17-18-26(33)35-20-19-21-9-5-3-6-10-21/h3-16H,2,17-20H2,1H3,(H2,29,30,32,36). The Labute approximate surface area is 216 Å². The number of hydrogen-bond donors (Lipinski definition) is 2. The Bertz CT molecular complexity index is 1170. The fourth-order valence-electron chi connectivity index (χ4n) is 3.47. The number of amides is 2. The van der Waals surface area contributed by atoms with Crippen LogP contribution in [-0.2, 0) is 20.7 Å². The summed E-state index contributed by atoms with van der Waals surface area (Å²) in [7, 11) is 0. The summed E-state index contributed by atoms with van der Waals surface area (Å²) in [5.74, 6) is -0.931. The van der Waals surface area contributed by atoms with Crippen molar-refractivity contribution >= 4 is 46.5 Å².